The van der Waals surface area contributed by atoms with Crippen LogP contribution in [0.15, 0.2) is 0 Å². The first-order valence-electron chi connectivity index (χ1n) is 3.99. The highest BCUT2D eigenvalue weighted by molar-refractivity contribution is 4.82. The fourth-order valence-corrected chi connectivity index (χ4v) is 1.62. The Hall–Kier alpha value is -0.0800. The summed E-state index contributed by atoms with van der Waals surface area (Å²) in [5, 5.41) is 9.02. The molecular formula is C8H16O2. The summed E-state index contributed by atoms with van der Waals surface area (Å²) >= 11 is 0. The van der Waals surface area contributed by atoms with E-state index in [-0.39, 0.29) is 12.2 Å². The van der Waals surface area contributed by atoms with E-state index < -0.39 is 0 Å². The molecule has 0 spiro atoms. The molecular weight excluding hydrogens is 128 g/mol. The molecule has 1 rings (SSSR count). The van der Waals surface area contributed by atoms with E-state index in [1.54, 1.807) is 7.11 Å². The van der Waals surface area contributed by atoms with E-state index in [4.69, 9.17) is 9.84 Å². The van der Waals surface area contributed by atoms with E-state index in [1.807, 2.05) is 0 Å². The fraction of sp³-hybridized carbons (Fsp3) is 1.00. The van der Waals surface area contributed by atoms with Crippen LogP contribution in [0.5, 0.6) is 0 Å². The van der Waals surface area contributed by atoms with Crippen molar-refractivity contribution in [3.8, 4) is 0 Å². The molecule has 0 amide bonds. The Kier molecular flexibility index (Phi) is 2.69. The van der Waals surface area contributed by atoms with Crippen LogP contribution in [-0.4, -0.2) is 24.4 Å². The first kappa shape index (κ1) is 8.02. The van der Waals surface area contributed by atoms with Crippen LogP contribution in [0, 0.1) is 0 Å². The maximum Gasteiger partial charge on any atom is 0.0908 e. The summed E-state index contributed by atoms with van der Waals surface area (Å²) in [5.41, 5.74) is -0.182. The van der Waals surface area contributed by atoms with Gasteiger partial charge in [-0.3, -0.25) is 0 Å². The van der Waals surface area contributed by atoms with Gasteiger partial charge < -0.3 is 9.84 Å². The molecule has 0 aromatic carbocycles. The Morgan fingerprint density at radius 1 is 1.30 bits per heavy atom. The summed E-state index contributed by atoms with van der Waals surface area (Å²) < 4.78 is 5.28. The van der Waals surface area contributed by atoms with Crippen molar-refractivity contribution >= 4 is 0 Å². The van der Waals surface area contributed by atoms with Crippen LogP contribution >= 0.6 is 0 Å². The standard InChI is InChI=1S/C8H16O2/c1-10-8(7-9)5-3-2-4-6-8/h9H,2-7H2,1H3. The third kappa shape index (κ3) is 1.50. The fourth-order valence-electron chi connectivity index (χ4n) is 1.62. The van der Waals surface area contributed by atoms with Gasteiger partial charge in [0.1, 0.15) is 0 Å². The molecule has 0 saturated heterocycles. The summed E-state index contributed by atoms with van der Waals surface area (Å²) in [6.07, 6.45) is 5.76. The van der Waals surface area contributed by atoms with Gasteiger partial charge in [-0.15, -0.1) is 0 Å². The van der Waals surface area contributed by atoms with E-state index in [1.165, 1.54) is 19.3 Å². The molecule has 0 unspecified atom stereocenters. The normalized spacial score (nSPS) is 24.6. The predicted octanol–water partition coefficient (Wildman–Crippen LogP) is 1.33. The second kappa shape index (κ2) is 3.35. The number of aliphatic hydroxyl groups excluding tert-OH is 1. The minimum absolute atomic E-state index is 0.182. The highest BCUT2D eigenvalue weighted by Crippen LogP contribution is 2.30. The van der Waals surface area contributed by atoms with Gasteiger partial charge in [0.2, 0.25) is 0 Å². The largest absolute Gasteiger partial charge is 0.393 e. The van der Waals surface area contributed by atoms with Crippen LogP contribution in [0.3, 0.4) is 0 Å². The molecule has 0 atom stereocenters. The minimum Gasteiger partial charge on any atom is -0.393 e. The van der Waals surface area contributed by atoms with Gasteiger partial charge in [0.05, 0.1) is 12.2 Å². The van der Waals surface area contributed by atoms with Crippen molar-refractivity contribution in [3.05, 3.63) is 0 Å². The SMILES string of the molecule is COC1(CO)CCCCC1. The monoisotopic (exact) mass is 144 g/mol. The maximum absolute atomic E-state index is 9.02. The summed E-state index contributed by atoms with van der Waals surface area (Å²) in [6.45, 7) is 0.184. The predicted molar refractivity (Wildman–Crippen MR) is 39.9 cm³/mol. The highest BCUT2D eigenvalue weighted by Gasteiger charge is 2.30. The molecule has 1 aliphatic carbocycles. The molecule has 2 heteroatoms. The number of methoxy groups -OCH3 is 1. The van der Waals surface area contributed by atoms with Crippen LogP contribution in [0.1, 0.15) is 32.1 Å². The molecule has 2 nitrogen and oxygen atoms in total. The second-order valence-corrected chi connectivity index (χ2v) is 3.11. The Morgan fingerprint density at radius 3 is 2.20 bits per heavy atom. The lowest BCUT2D eigenvalue weighted by Gasteiger charge is -2.33. The van der Waals surface area contributed by atoms with E-state index >= 15 is 0 Å². The van der Waals surface area contributed by atoms with Crippen molar-refractivity contribution in [2.45, 2.75) is 37.7 Å². The molecule has 0 aromatic heterocycles. The molecule has 0 heterocycles. The van der Waals surface area contributed by atoms with Crippen molar-refractivity contribution in [1.29, 1.82) is 0 Å². The van der Waals surface area contributed by atoms with Gasteiger partial charge in [-0.05, 0) is 12.8 Å². The average Bonchev–Trinajstić information content (AvgIpc) is 2.06. The zero-order valence-electron chi connectivity index (χ0n) is 6.60. The molecule has 1 aliphatic rings. The lowest BCUT2D eigenvalue weighted by atomic mass is 9.85. The maximum atomic E-state index is 9.02. The number of hydrogen-bond acceptors (Lipinski definition) is 2. The zero-order chi connectivity index (χ0) is 7.45. The third-order valence-electron chi connectivity index (χ3n) is 2.49. The van der Waals surface area contributed by atoms with Crippen LogP contribution in [0.4, 0.5) is 0 Å². The Balaban J connectivity index is 2.44. The summed E-state index contributed by atoms with van der Waals surface area (Å²) in [7, 11) is 1.70. The van der Waals surface area contributed by atoms with Crippen molar-refractivity contribution in [3.63, 3.8) is 0 Å². The molecule has 0 aliphatic heterocycles. The van der Waals surface area contributed by atoms with Crippen LogP contribution in [-0.2, 0) is 4.74 Å². The number of hydrogen-bond donors (Lipinski definition) is 1. The van der Waals surface area contributed by atoms with Gasteiger partial charge in [0, 0.05) is 7.11 Å². The Morgan fingerprint density at radius 2 is 1.90 bits per heavy atom. The van der Waals surface area contributed by atoms with E-state index in [0.717, 1.165) is 12.8 Å². The van der Waals surface area contributed by atoms with Crippen LogP contribution in [0.25, 0.3) is 0 Å². The summed E-state index contributed by atoms with van der Waals surface area (Å²) in [6, 6.07) is 0. The topological polar surface area (TPSA) is 29.5 Å². The molecule has 0 aromatic rings. The van der Waals surface area contributed by atoms with E-state index in [9.17, 15) is 0 Å². The molecule has 1 N–H and O–H groups in total. The first-order valence-corrected chi connectivity index (χ1v) is 3.99. The smallest absolute Gasteiger partial charge is 0.0908 e. The van der Waals surface area contributed by atoms with Gasteiger partial charge in [0.15, 0.2) is 0 Å². The molecule has 0 radical (unpaired) electrons. The minimum atomic E-state index is -0.182. The van der Waals surface area contributed by atoms with Gasteiger partial charge in [-0.2, -0.15) is 0 Å². The third-order valence-corrected chi connectivity index (χ3v) is 2.49. The quantitative estimate of drug-likeness (QED) is 0.633. The van der Waals surface area contributed by atoms with Crippen molar-refractivity contribution in [2.75, 3.05) is 13.7 Å². The zero-order valence-corrected chi connectivity index (χ0v) is 6.60. The highest BCUT2D eigenvalue weighted by atomic mass is 16.5. The summed E-state index contributed by atoms with van der Waals surface area (Å²) in [5.74, 6) is 0. The molecule has 10 heavy (non-hydrogen) atoms. The van der Waals surface area contributed by atoms with Gasteiger partial charge in [-0.25, -0.2) is 0 Å². The lowest BCUT2D eigenvalue weighted by Crippen LogP contribution is -2.37. The van der Waals surface area contributed by atoms with E-state index in [0.29, 0.717) is 0 Å². The van der Waals surface area contributed by atoms with Crippen LogP contribution < -0.4 is 0 Å². The molecule has 1 fully saturated rings. The van der Waals surface area contributed by atoms with Crippen molar-refractivity contribution < 1.29 is 9.84 Å². The van der Waals surface area contributed by atoms with Gasteiger partial charge >= 0.3 is 0 Å². The second-order valence-electron chi connectivity index (χ2n) is 3.11. The van der Waals surface area contributed by atoms with Crippen molar-refractivity contribution in [1.82, 2.24) is 0 Å². The van der Waals surface area contributed by atoms with E-state index in [2.05, 4.69) is 0 Å². The summed E-state index contributed by atoms with van der Waals surface area (Å²) in [4.78, 5) is 0. The number of aliphatic hydroxyl groups is 1. The Labute approximate surface area is 62.2 Å². The molecule has 1 saturated carbocycles. The Bertz CT molecular complexity index is 89.4. The van der Waals surface area contributed by atoms with Crippen LogP contribution in [0.2, 0.25) is 0 Å². The molecule has 0 bridgehead atoms. The average molecular weight is 144 g/mol. The van der Waals surface area contributed by atoms with Gasteiger partial charge in [0.25, 0.3) is 0 Å². The number of ether oxygens (including phenoxy) is 1. The van der Waals surface area contributed by atoms with Gasteiger partial charge in [-0.1, -0.05) is 19.3 Å². The lowest BCUT2D eigenvalue weighted by molar-refractivity contribution is -0.0753. The van der Waals surface area contributed by atoms with Crippen molar-refractivity contribution in [2.24, 2.45) is 0 Å². The first-order chi connectivity index (χ1) is 4.83. The number of rotatable bonds is 2. The molecule has 60 valence electrons.